The van der Waals surface area contributed by atoms with E-state index in [2.05, 4.69) is 102 Å². The first kappa shape index (κ1) is 28.8. The summed E-state index contributed by atoms with van der Waals surface area (Å²) in [6.45, 7) is 0.258. The van der Waals surface area contributed by atoms with Crippen LogP contribution in [0.3, 0.4) is 0 Å². The van der Waals surface area contributed by atoms with Gasteiger partial charge in [0.05, 0.1) is 5.52 Å². The number of hydrogen-bond donors (Lipinski definition) is 0. The van der Waals surface area contributed by atoms with Crippen LogP contribution < -0.4 is 16.4 Å². The summed E-state index contributed by atoms with van der Waals surface area (Å²) in [5, 5.41) is 1.16. The van der Waals surface area contributed by atoms with E-state index in [9.17, 15) is 0 Å². The van der Waals surface area contributed by atoms with Gasteiger partial charge >= 0.3 is 0 Å². The second-order valence-corrected chi connectivity index (χ2v) is 12.5. The molecule has 0 saturated heterocycles. The summed E-state index contributed by atoms with van der Waals surface area (Å²) < 4.78 is 0. The Morgan fingerprint density at radius 2 is 1.36 bits per heavy atom. The van der Waals surface area contributed by atoms with E-state index >= 15 is 0 Å². The van der Waals surface area contributed by atoms with Gasteiger partial charge in [0, 0.05) is 36.1 Å². The van der Waals surface area contributed by atoms with Crippen LogP contribution in [-0.2, 0) is 20.1 Å². The molecule has 4 heterocycles. The van der Waals surface area contributed by atoms with Gasteiger partial charge in [-0.25, -0.2) is 0 Å². The van der Waals surface area contributed by atoms with Crippen molar-refractivity contribution in [2.24, 2.45) is 0 Å². The SMILES string of the molecule is [Ir].[c-]1ccc2c(c1-c1ccc3ccccc3n1)Sc1cccc3c1B2c1ccccc1S3.[c-]1ccccc1-c1ccccn1. The minimum absolute atomic E-state index is 0. The zero-order chi connectivity index (χ0) is 28.6. The average molecular weight is 775 g/mol. The Hall–Kier alpha value is -3.93. The molecule has 0 fully saturated rings. The van der Waals surface area contributed by atoms with Crippen LogP contribution in [0.15, 0.2) is 159 Å². The Morgan fingerprint density at radius 1 is 0.568 bits per heavy atom. The van der Waals surface area contributed by atoms with Crippen LogP contribution >= 0.6 is 23.5 Å². The first-order valence-electron chi connectivity index (χ1n) is 14.2. The number of fused-ring (bicyclic) bond motifs is 5. The Balaban J connectivity index is 0.000000203. The van der Waals surface area contributed by atoms with Crippen LogP contribution in [0, 0.1) is 12.1 Å². The second kappa shape index (κ2) is 12.6. The molecule has 0 amide bonds. The Labute approximate surface area is 279 Å². The topological polar surface area (TPSA) is 25.8 Å². The summed E-state index contributed by atoms with van der Waals surface area (Å²) in [5.74, 6) is 0. The molecule has 7 aromatic rings. The van der Waals surface area contributed by atoms with Crippen molar-refractivity contribution in [2.75, 3.05) is 0 Å². The van der Waals surface area contributed by atoms with Gasteiger partial charge in [0.25, 0.3) is 0 Å². The van der Waals surface area contributed by atoms with E-state index in [4.69, 9.17) is 4.98 Å². The summed E-state index contributed by atoms with van der Waals surface area (Å²) in [4.78, 5) is 14.6. The zero-order valence-corrected chi connectivity index (χ0v) is 27.4. The predicted octanol–water partition coefficient (Wildman–Crippen LogP) is 7.69. The zero-order valence-electron chi connectivity index (χ0n) is 23.4. The molecule has 2 aliphatic heterocycles. The fourth-order valence-corrected chi connectivity index (χ4v) is 8.32. The maximum Gasteiger partial charge on any atom is 0.228 e. The van der Waals surface area contributed by atoms with Crippen molar-refractivity contribution in [2.45, 2.75) is 19.6 Å². The number of hydrogen-bond acceptors (Lipinski definition) is 4. The van der Waals surface area contributed by atoms with E-state index in [0.717, 1.165) is 33.4 Å². The van der Waals surface area contributed by atoms with E-state index in [0.29, 0.717) is 0 Å². The molecule has 0 unspecified atom stereocenters. The van der Waals surface area contributed by atoms with Gasteiger partial charge in [0.1, 0.15) is 0 Å². The maximum absolute atomic E-state index is 4.99. The number of rotatable bonds is 2. The maximum atomic E-state index is 4.99. The fourth-order valence-electron chi connectivity index (χ4n) is 5.81. The van der Waals surface area contributed by atoms with Gasteiger partial charge in [-0.1, -0.05) is 88.9 Å². The van der Waals surface area contributed by atoms with Crippen LogP contribution in [0.2, 0.25) is 0 Å². The van der Waals surface area contributed by atoms with Gasteiger partial charge in [-0.3, -0.25) is 4.98 Å². The molecule has 5 aromatic carbocycles. The van der Waals surface area contributed by atoms with Crippen LogP contribution in [0.5, 0.6) is 0 Å². The molecule has 2 aromatic heterocycles. The molecule has 2 nitrogen and oxygen atoms in total. The van der Waals surface area contributed by atoms with Crippen molar-refractivity contribution in [1.82, 2.24) is 9.97 Å². The standard InChI is InChI=1S/C27H15BNS2.C11H8N.Ir/c1-3-11-21-17(7-1)15-16-22(29-21)18-8-5-10-20-27(18)31-25-14-6-13-24-26(25)28(20)19-9-2-4-12-23(19)30-24;1-2-6-10(7-3-1)11-8-4-5-9-12-11;/h1-7,9-16H;1-6,8-9H;/q2*-1;. The van der Waals surface area contributed by atoms with Gasteiger partial charge in [-0.15, -0.1) is 76.9 Å². The molecule has 0 bridgehead atoms. The molecule has 44 heavy (non-hydrogen) atoms. The minimum atomic E-state index is 0. The molecule has 0 spiro atoms. The van der Waals surface area contributed by atoms with Crippen molar-refractivity contribution in [3.63, 3.8) is 0 Å². The molecular weight excluding hydrogens is 752 g/mol. The van der Waals surface area contributed by atoms with Crippen LogP contribution in [-0.4, -0.2) is 16.7 Å². The Kier molecular flexibility index (Phi) is 8.25. The normalized spacial score (nSPS) is 12.1. The first-order valence-corrected chi connectivity index (χ1v) is 15.8. The van der Waals surface area contributed by atoms with Crippen molar-refractivity contribution >= 4 is 57.5 Å². The quantitative estimate of drug-likeness (QED) is 0.133. The smallest absolute Gasteiger partial charge is 0.228 e. The van der Waals surface area contributed by atoms with Gasteiger partial charge < -0.3 is 4.98 Å². The van der Waals surface area contributed by atoms with E-state index in [1.165, 1.54) is 36.0 Å². The molecule has 0 atom stereocenters. The number of aromatic nitrogens is 2. The number of benzene rings is 5. The Bertz CT molecular complexity index is 2070. The molecule has 0 aliphatic carbocycles. The third-order valence-electron chi connectivity index (χ3n) is 7.77. The monoisotopic (exact) mass is 775 g/mol. The number of pyridine rings is 2. The van der Waals surface area contributed by atoms with Crippen LogP contribution in [0.4, 0.5) is 0 Å². The first-order chi connectivity index (χ1) is 21.3. The summed E-state index contributed by atoms with van der Waals surface area (Å²) in [5.41, 5.74) is 9.33. The Morgan fingerprint density at radius 3 is 2.23 bits per heavy atom. The van der Waals surface area contributed by atoms with Gasteiger partial charge in [0.15, 0.2) is 0 Å². The molecule has 2 aliphatic rings. The summed E-state index contributed by atoms with van der Waals surface area (Å²) in [6, 6.07) is 52.8. The van der Waals surface area contributed by atoms with Crippen molar-refractivity contribution in [1.29, 1.82) is 0 Å². The van der Waals surface area contributed by atoms with Gasteiger partial charge in [-0.05, 0) is 57.5 Å². The van der Waals surface area contributed by atoms with Crippen LogP contribution in [0.1, 0.15) is 0 Å². The molecule has 1 radical (unpaired) electrons. The molecule has 9 rings (SSSR count). The van der Waals surface area contributed by atoms with E-state index < -0.39 is 0 Å². The second-order valence-electron chi connectivity index (χ2n) is 10.4. The van der Waals surface area contributed by atoms with Crippen molar-refractivity contribution in [3.05, 3.63) is 152 Å². The van der Waals surface area contributed by atoms with Gasteiger partial charge in [0.2, 0.25) is 6.71 Å². The molecular formula is C38H23BIrN2S2-2. The third-order valence-corrected chi connectivity index (χ3v) is 10.2. The summed E-state index contributed by atoms with van der Waals surface area (Å²) in [7, 11) is 0. The van der Waals surface area contributed by atoms with Crippen LogP contribution in [0.25, 0.3) is 33.4 Å². The van der Waals surface area contributed by atoms with Crippen molar-refractivity contribution in [3.8, 4) is 22.5 Å². The average Bonchev–Trinajstić information content (AvgIpc) is 3.09. The molecule has 0 N–H and O–H groups in total. The minimum Gasteiger partial charge on any atom is -0.305 e. The molecule has 6 heteroatoms. The van der Waals surface area contributed by atoms with E-state index in [1.807, 2.05) is 72.1 Å². The number of nitrogens with zero attached hydrogens (tertiary/aromatic N) is 2. The van der Waals surface area contributed by atoms with Gasteiger partial charge in [-0.2, -0.15) is 0 Å². The molecule has 211 valence electrons. The summed E-state index contributed by atoms with van der Waals surface area (Å²) in [6.07, 6.45) is 1.79. The van der Waals surface area contributed by atoms with E-state index in [1.54, 1.807) is 6.20 Å². The molecule has 0 saturated carbocycles. The van der Waals surface area contributed by atoms with Crippen molar-refractivity contribution < 1.29 is 20.1 Å². The van der Waals surface area contributed by atoms with E-state index in [-0.39, 0.29) is 26.8 Å². The largest absolute Gasteiger partial charge is 0.305 e. The predicted molar refractivity (Wildman–Crippen MR) is 180 cm³/mol. The fraction of sp³-hybridized carbons (Fsp3) is 0. The number of para-hydroxylation sites is 1. The third kappa shape index (κ3) is 5.33. The summed E-state index contributed by atoms with van der Waals surface area (Å²) >= 11 is 3.76.